The van der Waals surface area contributed by atoms with E-state index in [1.807, 2.05) is 24.3 Å². The number of nitrogens with two attached hydrogens (primary N) is 1. The smallest absolute Gasteiger partial charge is 0.276 e. The molecule has 0 aliphatic rings. The number of benzene rings is 3. The van der Waals surface area contributed by atoms with Crippen molar-refractivity contribution in [1.29, 1.82) is 0 Å². The van der Waals surface area contributed by atoms with Gasteiger partial charge in [-0.2, -0.15) is 13.5 Å². The molecule has 0 saturated carbocycles. The lowest BCUT2D eigenvalue weighted by Gasteiger charge is -2.10. The summed E-state index contributed by atoms with van der Waals surface area (Å²) in [5.41, 5.74) is 5.62. The van der Waals surface area contributed by atoms with Gasteiger partial charge in [0.1, 0.15) is 0 Å². The highest BCUT2D eigenvalue weighted by Gasteiger charge is 2.13. The minimum atomic E-state index is -3.82. The summed E-state index contributed by atoms with van der Waals surface area (Å²) in [6.45, 7) is -0.282. The van der Waals surface area contributed by atoms with E-state index in [2.05, 4.69) is 9.93 Å². The van der Waals surface area contributed by atoms with Crippen molar-refractivity contribution in [2.45, 2.75) is 4.90 Å². The van der Waals surface area contributed by atoms with Crippen LogP contribution in [0, 0.1) is 0 Å². The molecule has 0 radical (unpaired) electrons. The number of hydrogen-bond donors (Lipinski definition) is 2. The number of hydrazone groups is 1. The van der Waals surface area contributed by atoms with E-state index in [-0.39, 0.29) is 11.5 Å². The van der Waals surface area contributed by atoms with E-state index in [0.29, 0.717) is 17.1 Å². The Morgan fingerprint density at radius 2 is 1.83 bits per heavy atom. The number of nitrogens with zero attached hydrogens (tertiary/aromatic N) is 1. The number of carbonyl (C=O) groups is 1. The Balaban J connectivity index is 1.74. The molecule has 0 heterocycles. The predicted molar refractivity (Wildman–Crippen MR) is 110 cm³/mol. The van der Waals surface area contributed by atoms with Crippen LogP contribution < -0.4 is 20.0 Å². The largest absolute Gasteiger partial charge is 0.493 e. The summed E-state index contributed by atoms with van der Waals surface area (Å²) in [5.74, 6) is 0.0774. The zero-order chi connectivity index (χ0) is 20.9. The van der Waals surface area contributed by atoms with Crippen molar-refractivity contribution in [3.63, 3.8) is 0 Å². The van der Waals surface area contributed by atoms with Crippen LogP contribution in [-0.2, 0) is 14.8 Å². The SMILES string of the molecule is COc1cc(/C=N/NS(=O)(=O)c2ccc3ccccc3c2)ccc1OCC(N)=O. The monoisotopic (exact) mass is 413 g/mol. The van der Waals surface area contributed by atoms with Gasteiger partial charge < -0.3 is 15.2 Å². The van der Waals surface area contributed by atoms with Crippen LogP contribution in [0.15, 0.2) is 70.7 Å². The molecule has 0 bridgehead atoms. The summed E-state index contributed by atoms with van der Waals surface area (Å²) in [5, 5.41) is 5.58. The van der Waals surface area contributed by atoms with Crippen LogP contribution in [0.1, 0.15) is 5.56 Å². The highest BCUT2D eigenvalue weighted by atomic mass is 32.2. The van der Waals surface area contributed by atoms with E-state index in [1.165, 1.54) is 19.4 Å². The predicted octanol–water partition coefficient (Wildman–Crippen LogP) is 2.02. The molecular formula is C20H19N3O5S. The normalized spacial score (nSPS) is 11.5. The standard InChI is InChI=1S/C20H19N3O5S/c1-27-19-10-14(6-9-18(19)28-13-20(21)24)12-22-23-29(25,26)17-8-7-15-4-2-3-5-16(15)11-17/h2-12,23H,13H2,1H3,(H2,21,24)/b22-12+. The Labute approximate surface area is 168 Å². The zero-order valence-corrected chi connectivity index (χ0v) is 16.3. The lowest BCUT2D eigenvalue weighted by Crippen LogP contribution is -2.20. The van der Waals surface area contributed by atoms with Crippen LogP contribution in [0.2, 0.25) is 0 Å². The molecule has 0 fully saturated rings. The number of nitrogens with one attached hydrogen (secondary N) is 1. The summed E-state index contributed by atoms with van der Waals surface area (Å²) >= 11 is 0. The Bertz CT molecular complexity index is 1180. The molecule has 0 saturated heterocycles. The van der Waals surface area contributed by atoms with E-state index in [4.69, 9.17) is 15.2 Å². The van der Waals surface area contributed by atoms with Crippen molar-refractivity contribution >= 4 is 32.9 Å². The number of fused-ring (bicyclic) bond motifs is 1. The number of hydrogen-bond acceptors (Lipinski definition) is 6. The van der Waals surface area contributed by atoms with Crippen molar-refractivity contribution in [1.82, 2.24) is 4.83 Å². The average Bonchev–Trinajstić information content (AvgIpc) is 2.72. The number of primary amides is 1. The molecular weight excluding hydrogens is 394 g/mol. The van der Waals surface area contributed by atoms with Gasteiger partial charge in [-0.1, -0.05) is 30.3 Å². The maximum Gasteiger partial charge on any atom is 0.276 e. The van der Waals surface area contributed by atoms with Gasteiger partial charge in [-0.05, 0) is 46.7 Å². The van der Waals surface area contributed by atoms with Gasteiger partial charge in [-0.25, -0.2) is 4.83 Å². The fourth-order valence-electron chi connectivity index (χ4n) is 2.59. The summed E-state index contributed by atoms with van der Waals surface area (Å²) in [6.07, 6.45) is 1.33. The molecule has 0 spiro atoms. The molecule has 3 aromatic rings. The lowest BCUT2D eigenvalue weighted by molar-refractivity contribution is -0.119. The summed E-state index contributed by atoms with van der Waals surface area (Å²) < 4.78 is 35.4. The fraction of sp³-hybridized carbons (Fsp3) is 0.100. The third-order valence-electron chi connectivity index (χ3n) is 3.98. The second kappa shape index (κ2) is 8.61. The second-order valence-corrected chi connectivity index (χ2v) is 7.69. The number of sulfonamides is 1. The molecule has 3 N–H and O–H groups in total. The topological polar surface area (TPSA) is 120 Å². The second-order valence-electron chi connectivity index (χ2n) is 6.03. The lowest BCUT2D eigenvalue weighted by atomic mass is 10.1. The Hall–Kier alpha value is -3.59. The molecule has 1 amide bonds. The number of rotatable bonds is 8. The van der Waals surface area contributed by atoms with Gasteiger partial charge >= 0.3 is 0 Å². The zero-order valence-electron chi connectivity index (χ0n) is 15.5. The molecule has 150 valence electrons. The molecule has 9 heteroatoms. The summed E-state index contributed by atoms with van der Waals surface area (Å²) in [6, 6.07) is 17.1. The van der Waals surface area contributed by atoms with E-state index in [0.717, 1.165) is 10.8 Å². The molecule has 3 rings (SSSR count). The minimum absolute atomic E-state index is 0.112. The highest BCUT2D eigenvalue weighted by molar-refractivity contribution is 7.89. The maximum atomic E-state index is 12.5. The van der Waals surface area contributed by atoms with Crippen molar-refractivity contribution in [2.75, 3.05) is 13.7 Å². The molecule has 8 nitrogen and oxygen atoms in total. The van der Waals surface area contributed by atoms with E-state index >= 15 is 0 Å². The van der Waals surface area contributed by atoms with Crippen LogP contribution in [0.4, 0.5) is 0 Å². The van der Waals surface area contributed by atoms with Crippen molar-refractivity contribution in [3.8, 4) is 11.5 Å². The third kappa shape index (κ3) is 5.02. The first-order valence-corrected chi connectivity index (χ1v) is 10.0. The summed E-state index contributed by atoms with van der Waals surface area (Å²) in [7, 11) is -2.38. The Kier molecular flexibility index (Phi) is 5.99. The van der Waals surface area contributed by atoms with Crippen molar-refractivity contribution < 1.29 is 22.7 Å². The van der Waals surface area contributed by atoms with Crippen molar-refractivity contribution in [2.24, 2.45) is 10.8 Å². The van der Waals surface area contributed by atoms with Gasteiger partial charge in [0, 0.05) is 0 Å². The first-order chi connectivity index (χ1) is 13.9. The number of amides is 1. The number of methoxy groups -OCH3 is 1. The molecule has 0 atom stereocenters. The molecule has 0 aliphatic heterocycles. The highest BCUT2D eigenvalue weighted by Crippen LogP contribution is 2.27. The minimum Gasteiger partial charge on any atom is -0.493 e. The van der Waals surface area contributed by atoms with Crippen LogP contribution >= 0.6 is 0 Å². The number of carbonyl (C=O) groups excluding carboxylic acids is 1. The first kappa shape index (κ1) is 20.2. The maximum absolute atomic E-state index is 12.5. The van der Waals surface area contributed by atoms with E-state index in [9.17, 15) is 13.2 Å². The van der Waals surface area contributed by atoms with E-state index < -0.39 is 15.9 Å². The van der Waals surface area contributed by atoms with Gasteiger partial charge in [0.2, 0.25) is 0 Å². The van der Waals surface area contributed by atoms with Crippen LogP contribution in [0.3, 0.4) is 0 Å². The van der Waals surface area contributed by atoms with Gasteiger partial charge in [-0.15, -0.1) is 0 Å². The first-order valence-electron chi connectivity index (χ1n) is 8.52. The fourth-order valence-corrected chi connectivity index (χ4v) is 3.42. The number of ether oxygens (including phenoxy) is 2. The summed E-state index contributed by atoms with van der Waals surface area (Å²) in [4.78, 5) is 13.1. The van der Waals surface area contributed by atoms with Gasteiger partial charge in [0.15, 0.2) is 18.1 Å². The quantitative estimate of drug-likeness (QED) is 0.432. The molecule has 0 unspecified atom stereocenters. The van der Waals surface area contributed by atoms with Gasteiger partial charge in [0.25, 0.3) is 15.9 Å². The van der Waals surface area contributed by atoms with Gasteiger partial charge in [0.05, 0.1) is 18.2 Å². The molecule has 0 aromatic heterocycles. The van der Waals surface area contributed by atoms with Crippen LogP contribution in [-0.4, -0.2) is 34.3 Å². The Morgan fingerprint density at radius 3 is 2.55 bits per heavy atom. The van der Waals surface area contributed by atoms with Gasteiger partial charge in [-0.3, -0.25) is 4.79 Å². The average molecular weight is 413 g/mol. The molecule has 3 aromatic carbocycles. The van der Waals surface area contributed by atoms with Crippen molar-refractivity contribution in [3.05, 3.63) is 66.2 Å². The van der Waals surface area contributed by atoms with Crippen LogP contribution in [0.5, 0.6) is 11.5 Å². The molecule has 29 heavy (non-hydrogen) atoms. The van der Waals surface area contributed by atoms with Crippen LogP contribution in [0.25, 0.3) is 10.8 Å². The Morgan fingerprint density at radius 1 is 1.07 bits per heavy atom. The van der Waals surface area contributed by atoms with E-state index in [1.54, 1.807) is 30.3 Å². The molecule has 0 aliphatic carbocycles. The third-order valence-corrected chi connectivity index (χ3v) is 5.20.